The third kappa shape index (κ3) is 3.74. The minimum atomic E-state index is -0.279. The number of rotatable bonds is 5. The zero-order chi connectivity index (χ0) is 16.1. The normalized spacial score (nSPS) is 10.4. The van der Waals surface area contributed by atoms with Gasteiger partial charge in [-0.15, -0.1) is 0 Å². The molecule has 0 saturated heterocycles. The van der Waals surface area contributed by atoms with Crippen LogP contribution in [0.1, 0.15) is 21.6 Å². The van der Waals surface area contributed by atoms with E-state index >= 15 is 0 Å². The third-order valence-corrected chi connectivity index (χ3v) is 3.40. The first-order valence-corrected chi connectivity index (χ1v) is 7.14. The SMILES string of the molecule is O=C(NCc1ccc(Cn2ccccc2=O)cc1)c1ccon1. The lowest BCUT2D eigenvalue weighted by atomic mass is 10.1. The molecule has 0 atom stereocenters. The van der Waals surface area contributed by atoms with Crippen molar-refractivity contribution in [1.82, 2.24) is 15.0 Å². The Kier molecular flexibility index (Phi) is 4.33. The second kappa shape index (κ2) is 6.74. The average Bonchev–Trinajstić information content (AvgIpc) is 3.11. The summed E-state index contributed by atoms with van der Waals surface area (Å²) in [5, 5.41) is 6.34. The summed E-state index contributed by atoms with van der Waals surface area (Å²) in [5.74, 6) is -0.279. The van der Waals surface area contributed by atoms with Crippen molar-refractivity contribution in [3.63, 3.8) is 0 Å². The molecule has 23 heavy (non-hydrogen) atoms. The van der Waals surface area contributed by atoms with Gasteiger partial charge in [-0.2, -0.15) is 0 Å². The highest BCUT2D eigenvalue weighted by Crippen LogP contribution is 2.06. The maximum Gasteiger partial charge on any atom is 0.273 e. The number of hydrogen-bond acceptors (Lipinski definition) is 4. The molecule has 116 valence electrons. The first kappa shape index (κ1) is 14.8. The Hall–Kier alpha value is -3.15. The molecular formula is C17H15N3O3. The molecule has 0 saturated carbocycles. The molecule has 1 aromatic carbocycles. The van der Waals surface area contributed by atoms with Crippen LogP contribution >= 0.6 is 0 Å². The van der Waals surface area contributed by atoms with Crippen LogP contribution in [0.5, 0.6) is 0 Å². The Morgan fingerprint density at radius 3 is 2.57 bits per heavy atom. The van der Waals surface area contributed by atoms with Gasteiger partial charge in [-0.25, -0.2) is 0 Å². The number of nitrogens with one attached hydrogen (secondary N) is 1. The van der Waals surface area contributed by atoms with Crippen LogP contribution in [-0.2, 0) is 13.1 Å². The summed E-state index contributed by atoms with van der Waals surface area (Å²) in [7, 11) is 0. The van der Waals surface area contributed by atoms with E-state index < -0.39 is 0 Å². The Balaban J connectivity index is 1.60. The van der Waals surface area contributed by atoms with E-state index in [1.54, 1.807) is 16.8 Å². The molecule has 0 aliphatic heterocycles. The topological polar surface area (TPSA) is 77.1 Å². The van der Waals surface area contributed by atoms with Gasteiger partial charge in [0, 0.05) is 24.9 Å². The van der Waals surface area contributed by atoms with Crippen LogP contribution in [0, 0.1) is 0 Å². The van der Waals surface area contributed by atoms with Crippen molar-refractivity contribution in [2.24, 2.45) is 0 Å². The van der Waals surface area contributed by atoms with E-state index in [-0.39, 0.29) is 17.2 Å². The van der Waals surface area contributed by atoms with Crippen LogP contribution in [0.25, 0.3) is 0 Å². The summed E-state index contributed by atoms with van der Waals surface area (Å²) in [6, 6.07) is 14.3. The van der Waals surface area contributed by atoms with Gasteiger partial charge in [0.2, 0.25) is 0 Å². The van der Waals surface area contributed by atoms with Gasteiger partial charge >= 0.3 is 0 Å². The second-order valence-electron chi connectivity index (χ2n) is 5.05. The molecule has 0 bridgehead atoms. The van der Waals surface area contributed by atoms with Gasteiger partial charge < -0.3 is 14.4 Å². The number of hydrogen-bond donors (Lipinski definition) is 1. The smallest absolute Gasteiger partial charge is 0.273 e. The van der Waals surface area contributed by atoms with Crippen molar-refractivity contribution in [2.45, 2.75) is 13.1 Å². The molecule has 6 nitrogen and oxygen atoms in total. The summed E-state index contributed by atoms with van der Waals surface area (Å²) in [6.45, 7) is 0.919. The summed E-state index contributed by atoms with van der Waals surface area (Å²) < 4.78 is 6.27. The highest BCUT2D eigenvalue weighted by atomic mass is 16.5. The van der Waals surface area contributed by atoms with E-state index in [0.717, 1.165) is 11.1 Å². The molecular weight excluding hydrogens is 294 g/mol. The molecule has 3 rings (SSSR count). The average molecular weight is 309 g/mol. The molecule has 0 aliphatic carbocycles. The molecule has 2 aromatic heterocycles. The first-order valence-electron chi connectivity index (χ1n) is 7.14. The molecule has 0 spiro atoms. The molecule has 0 radical (unpaired) electrons. The number of nitrogens with zero attached hydrogens (tertiary/aromatic N) is 2. The number of carbonyl (C=O) groups is 1. The number of aromatic nitrogens is 2. The van der Waals surface area contributed by atoms with E-state index in [2.05, 4.69) is 15.0 Å². The van der Waals surface area contributed by atoms with E-state index in [1.165, 1.54) is 18.4 Å². The van der Waals surface area contributed by atoms with Crippen molar-refractivity contribution in [1.29, 1.82) is 0 Å². The van der Waals surface area contributed by atoms with E-state index in [9.17, 15) is 9.59 Å². The zero-order valence-electron chi connectivity index (χ0n) is 12.3. The van der Waals surface area contributed by atoms with Gasteiger partial charge in [0.1, 0.15) is 6.26 Å². The Bertz CT molecular complexity index is 836. The number of benzene rings is 1. The molecule has 0 unspecified atom stereocenters. The lowest BCUT2D eigenvalue weighted by Gasteiger charge is -2.07. The van der Waals surface area contributed by atoms with Gasteiger partial charge in [-0.05, 0) is 17.2 Å². The molecule has 1 amide bonds. The van der Waals surface area contributed by atoms with Crippen LogP contribution in [0.2, 0.25) is 0 Å². The van der Waals surface area contributed by atoms with Gasteiger partial charge in [-0.3, -0.25) is 9.59 Å². The standard InChI is InChI=1S/C17H15N3O3/c21-16-3-1-2-9-20(16)12-14-6-4-13(5-7-14)11-18-17(22)15-8-10-23-19-15/h1-10H,11-12H2,(H,18,22). The number of carbonyl (C=O) groups excluding carboxylic acids is 1. The Morgan fingerprint density at radius 2 is 1.87 bits per heavy atom. The maximum atomic E-state index is 11.8. The summed E-state index contributed by atoms with van der Waals surface area (Å²) >= 11 is 0. The van der Waals surface area contributed by atoms with Crippen molar-refractivity contribution in [3.05, 3.63) is 88.2 Å². The predicted octanol–water partition coefficient (Wildman–Crippen LogP) is 1.81. The van der Waals surface area contributed by atoms with Crippen LogP contribution in [-0.4, -0.2) is 15.6 Å². The highest BCUT2D eigenvalue weighted by Gasteiger charge is 2.08. The van der Waals surface area contributed by atoms with Crippen LogP contribution in [0.4, 0.5) is 0 Å². The van der Waals surface area contributed by atoms with Crippen LogP contribution < -0.4 is 10.9 Å². The molecule has 6 heteroatoms. The molecule has 2 heterocycles. The van der Waals surface area contributed by atoms with Gasteiger partial charge in [0.25, 0.3) is 11.5 Å². The predicted molar refractivity (Wildman–Crippen MR) is 83.9 cm³/mol. The molecule has 1 N–H and O–H groups in total. The highest BCUT2D eigenvalue weighted by molar-refractivity contribution is 5.91. The van der Waals surface area contributed by atoms with Crippen molar-refractivity contribution >= 4 is 5.91 Å². The van der Waals surface area contributed by atoms with Crippen LogP contribution in [0.3, 0.4) is 0 Å². The minimum absolute atomic E-state index is 0.0311. The fraction of sp³-hybridized carbons (Fsp3) is 0.118. The van der Waals surface area contributed by atoms with E-state index in [1.807, 2.05) is 30.3 Å². The zero-order valence-corrected chi connectivity index (χ0v) is 12.3. The first-order chi connectivity index (χ1) is 11.2. The minimum Gasteiger partial charge on any atom is -0.364 e. The van der Waals surface area contributed by atoms with Crippen molar-refractivity contribution in [3.8, 4) is 0 Å². The van der Waals surface area contributed by atoms with Gasteiger partial charge in [0.15, 0.2) is 5.69 Å². The van der Waals surface area contributed by atoms with Crippen LogP contribution in [0.15, 0.2) is 70.3 Å². The van der Waals surface area contributed by atoms with Gasteiger partial charge in [0.05, 0.1) is 6.54 Å². The summed E-state index contributed by atoms with van der Waals surface area (Å²) in [4.78, 5) is 23.4. The number of pyridine rings is 1. The Morgan fingerprint density at radius 1 is 1.09 bits per heavy atom. The fourth-order valence-corrected chi connectivity index (χ4v) is 2.15. The third-order valence-electron chi connectivity index (χ3n) is 3.40. The summed E-state index contributed by atoms with van der Waals surface area (Å²) in [6.07, 6.45) is 3.11. The largest absolute Gasteiger partial charge is 0.364 e. The second-order valence-corrected chi connectivity index (χ2v) is 5.05. The molecule has 0 aliphatic rings. The Labute approximate surface area is 132 Å². The number of amides is 1. The lowest BCUT2D eigenvalue weighted by molar-refractivity contribution is 0.0942. The molecule has 3 aromatic rings. The maximum absolute atomic E-state index is 11.8. The van der Waals surface area contributed by atoms with Gasteiger partial charge in [-0.1, -0.05) is 35.5 Å². The quantitative estimate of drug-likeness (QED) is 0.780. The van der Waals surface area contributed by atoms with Crippen molar-refractivity contribution in [2.75, 3.05) is 0 Å². The molecule has 0 fully saturated rings. The summed E-state index contributed by atoms with van der Waals surface area (Å²) in [5.41, 5.74) is 2.21. The van der Waals surface area contributed by atoms with E-state index in [0.29, 0.717) is 13.1 Å². The monoisotopic (exact) mass is 309 g/mol. The lowest BCUT2D eigenvalue weighted by Crippen LogP contribution is -2.23. The van der Waals surface area contributed by atoms with Crippen molar-refractivity contribution < 1.29 is 9.32 Å². The van der Waals surface area contributed by atoms with E-state index in [4.69, 9.17) is 0 Å². The fourth-order valence-electron chi connectivity index (χ4n) is 2.15.